The minimum absolute atomic E-state index is 0.214. The molecule has 0 N–H and O–H groups in total. The molecule has 1 nitrogen and oxygen atoms in total. The fourth-order valence-corrected chi connectivity index (χ4v) is 0.859. The summed E-state index contributed by atoms with van der Waals surface area (Å²) in [6.45, 7) is 5.94. The van der Waals surface area contributed by atoms with Gasteiger partial charge in [-0.25, -0.2) is 0 Å². The predicted octanol–water partition coefficient (Wildman–Crippen LogP) is 2.96. The molecule has 0 aromatic carbocycles. The number of carbonyl (C=O) groups is 1. The Balaban J connectivity index is 3.55. The van der Waals surface area contributed by atoms with Gasteiger partial charge in [0.2, 0.25) is 0 Å². The lowest BCUT2D eigenvalue weighted by molar-refractivity contribution is -0.114. The highest BCUT2D eigenvalue weighted by Gasteiger charge is 1.95. The van der Waals surface area contributed by atoms with Gasteiger partial charge in [0, 0.05) is 12.8 Å². The Morgan fingerprint density at radius 2 is 2.15 bits per heavy atom. The summed E-state index contributed by atoms with van der Waals surface area (Å²) in [6.07, 6.45) is 5.95. The van der Waals surface area contributed by atoms with Crippen molar-refractivity contribution in [3.63, 3.8) is 0 Å². The van der Waals surface area contributed by atoms with Crippen LogP contribution in [0.5, 0.6) is 0 Å². The number of ketones is 1. The van der Waals surface area contributed by atoms with E-state index in [2.05, 4.69) is 25.7 Å². The molecule has 0 aliphatic rings. The standard InChI is InChI=1S/C12H18O/c1-4-5-6-7-8-12(13)10-9-11(2)3/h9-11H,6-8H2,1-3H3/b10-9+. The Labute approximate surface area is 81.2 Å². The van der Waals surface area contributed by atoms with E-state index < -0.39 is 0 Å². The minimum atomic E-state index is 0.214. The fourth-order valence-electron chi connectivity index (χ4n) is 0.859. The summed E-state index contributed by atoms with van der Waals surface area (Å²) in [6, 6.07) is 0. The molecule has 0 rings (SSSR count). The first-order valence-electron chi connectivity index (χ1n) is 4.77. The highest BCUT2D eigenvalue weighted by molar-refractivity contribution is 5.89. The maximum absolute atomic E-state index is 11.2. The lowest BCUT2D eigenvalue weighted by atomic mass is 10.1. The molecule has 0 aromatic rings. The van der Waals surface area contributed by atoms with E-state index in [-0.39, 0.29) is 5.78 Å². The summed E-state index contributed by atoms with van der Waals surface area (Å²) in [5.41, 5.74) is 0. The van der Waals surface area contributed by atoms with E-state index in [1.807, 2.05) is 13.0 Å². The van der Waals surface area contributed by atoms with Gasteiger partial charge in [0.05, 0.1) is 0 Å². The van der Waals surface area contributed by atoms with Crippen LogP contribution < -0.4 is 0 Å². The highest BCUT2D eigenvalue weighted by atomic mass is 16.1. The zero-order valence-electron chi connectivity index (χ0n) is 8.76. The van der Waals surface area contributed by atoms with Crippen LogP contribution in [0.1, 0.15) is 40.0 Å². The van der Waals surface area contributed by atoms with Crippen LogP contribution in [0, 0.1) is 17.8 Å². The van der Waals surface area contributed by atoms with Gasteiger partial charge in [-0.2, -0.15) is 0 Å². The molecular weight excluding hydrogens is 160 g/mol. The van der Waals surface area contributed by atoms with E-state index in [0.717, 1.165) is 12.8 Å². The van der Waals surface area contributed by atoms with Crippen LogP contribution >= 0.6 is 0 Å². The van der Waals surface area contributed by atoms with Crippen LogP contribution in [0.2, 0.25) is 0 Å². The van der Waals surface area contributed by atoms with Gasteiger partial charge in [-0.15, -0.1) is 11.8 Å². The molecule has 0 aliphatic heterocycles. The Bertz CT molecular complexity index is 225. The van der Waals surface area contributed by atoms with Crippen molar-refractivity contribution in [2.45, 2.75) is 40.0 Å². The SMILES string of the molecule is CC#CCCCC(=O)/C=C/C(C)C. The first kappa shape index (κ1) is 12.0. The maximum Gasteiger partial charge on any atom is 0.155 e. The summed E-state index contributed by atoms with van der Waals surface area (Å²) in [5.74, 6) is 6.43. The quantitative estimate of drug-likeness (QED) is 0.359. The summed E-state index contributed by atoms with van der Waals surface area (Å²) < 4.78 is 0. The third-order valence-electron chi connectivity index (χ3n) is 1.57. The molecule has 0 aliphatic carbocycles. The molecule has 0 saturated heterocycles. The van der Waals surface area contributed by atoms with E-state index >= 15 is 0 Å². The highest BCUT2D eigenvalue weighted by Crippen LogP contribution is 1.99. The molecule has 1 heteroatoms. The van der Waals surface area contributed by atoms with Crippen LogP contribution in [-0.4, -0.2) is 5.78 Å². The maximum atomic E-state index is 11.2. The summed E-state index contributed by atoms with van der Waals surface area (Å²) >= 11 is 0. The van der Waals surface area contributed by atoms with Gasteiger partial charge >= 0.3 is 0 Å². The average molecular weight is 178 g/mol. The Morgan fingerprint density at radius 3 is 2.69 bits per heavy atom. The monoisotopic (exact) mass is 178 g/mol. The van der Waals surface area contributed by atoms with Crippen molar-refractivity contribution >= 4 is 5.78 Å². The van der Waals surface area contributed by atoms with Crippen LogP contribution in [-0.2, 0) is 4.79 Å². The first-order valence-corrected chi connectivity index (χ1v) is 4.77. The zero-order valence-corrected chi connectivity index (χ0v) is 8.76. The van der Waals surface area contributed by atoms with Crippen LogP contribution in [0.3, 0.4) is 0 Å². The molecule has 72 valence electrons. The van der Waals surface area contributed by atoms with Crippen molar-refractivity contribution in [1.29, 1.82) is 0 Å². The summed E-state index contributed by atoms with van der Waals surface area (Å²) in [4.78, 5) is 11.2. The van der Waals surface area contributed by atoms with Gasteiger partial charge in [-0.3, -0.25) is 4.79 Å². The minimum Gasteiger partial charge on any atom is -0.295 e. The summed E-state index contributed by atoms with van der Waals surface area (Å²) in [7, 11) is 0. The molecule has 0 fully saturated rings. The number of allylic oxidation sites excluding steroid dienone is 2. The number of hydrogen-bond donors (Lipinski definition) is 0. The molecule has 0 radical (unpaired) electrons. The van der Waals surface area contributed by atoms with E-state index in [4.69, 9.17) is 0 Å². The molecule has 0 saturated carbocycles. The van der Waals surface area contributed by atoms with Crippen molar-refractivity contribution in [2.24, 2.45) is 5.92 Å². The van der Waals surface area contributed by atoms with Crippen LogP contribution in [0.4, 0.5) is 0 Å². The lowest BCUT2D eigenvalue weighted by Gasteiger charge is -1.94. The van der Waals surface area contributed by atoms with Gasteiger partial charge in [0.25, 0.3) is 0 Å². The van der Waals surface area contributed by atoms with Gasteiger partial charge in [-0.05, 0) is 25.3 Å². The third kappa shape index (κ3) is 8.88. The van der Waals surface area contributed by atoms with E-state index in [0.29, 0.717) is 12.3 Å². The van der Waals surface area contributed by atoms with E-state index in [1.165, 1.54) is 0 Å². The van der Waals surface area contributed by atoms with E-state index in [9.17, 15) is 4.79 Å². The summed E-state index contributed by atoms with van der Waals surface area (Å²) in [5, 5.41) is 0. The van der Waals surface area contributed by atoms with Crippen molar-refractivity contribution < 1.29 is 4.79 Å². The zero-order chi connectivity index (χ0) is 10.1. The number of rotatable bonds is 5. The Morgan fingerprint density at radius 1 is 1.46 bits per heavy atom. The molecule has 0 aromatic heterocycles. The molecule has 0 unspecified atom stereocenters. The van der Waals surface area contributed by atoms with Crippen molar-refractivity contribution in [3.05, 3.63) is 12.2 Å². The predicted molar refractivity (Wildman–Crippen MR) is 56.3 cm³/mol. The Hall–Kier alpha value is -1.03. The molecule has 0 heterocycles. The normalized spacial score (nSPS) is 10.2. The van der Waals surface area contributed by atoms with E-state index in [1.54, 1.807) is 6.08 Å². The smallest absolute Gasteiger partial charge is 0.155 e. The van der Waals surface area contributed by atoms with Crippen LogP contribution in [0.15, 0.2) is 12.2 Å². The Kier molecular flexibility index (Phi) is 7.01. The average Bonchev–Trinajstić information content (AvgIpc) is 2.09. The molecular formula is C12H18O. The third-order valence-corrected chi connectivity index (χ3v) is 1.57. The molecule has 0 bridgehead atoms. The number of carbonyl (C=O) groups excluding carboxylic acids is 1. The molecule has 0 spiro atoms. The van der Waals surface area contributed by atoms with Gasteiger partial charge in [-0.1, -0.05) is 19.9 Å². The molecule has 13 heavy (non-hydrogen) atoms. The second kappa shape index (κ2) is 7.61. The van der Waals surface area contributed by atoms with Crippen LogP contribution in [0.25, 0.3) is 0 Å². The first-order chi connectivity index (χ1) is 6.16. The largest absolute Gasteiger partial charge is 0.295 e. The number of unbranched alkanes of at least 4 members (excludes halogenated alkanes) is 1. The fraction of sp³-hybridized carbons (Fsp3) is 0.583. The number of hydrogen-bond acceptors (Lipinski definition) is 1. The van der Waals surface area contributed by atoms with Crippen molar-refractivity contribution in [1.82, 2.24) is 0 Å². The van der Waals surface area contributed by atoms with Crippen molar-refractivity contribution in [3.8, 4) is 11.8 Å². The van der Waals surface area contributed by atoms with Gasteiger partial charge < -0.3 is 0 Å². The van der Waals surface area contributed by atoms with Gasteiger partial charge in [0.15, 0.2) is 5.78 Å². The second-order valence-corrected chi connectivity index (χ2v) is 3.35. The van der Waals surface area contributed by atoms with Crippen molar-refractivity contribution in [2.75, 3.05) is 0 Å². The molecule has 0 amide bonds. The lowest BCUT2D eigenvalue weighted by Crippen LogP contribution is -1.92. The molecule has 0 atom stereocenters. The van der Waals surface area contributed by atoms with Gasteiger partial charge in [0.1, 0.15) is 0 Å². The second-order valence-electron chi connectivity index (χ2n) is 3.35. The topological polar surface area (TPSA) is 17.1 Å².